The molecular weight excluding hydrogens is 304 g/mol. The lowest BCUT2D eigenvalue weighted by Crippen LogP contribution is -2.59. The maximum absolute atomic E-state index is 13.0. The van der Waals surface area contributed by atoms with Crippen molar-refractivity contribution in [3.05, 3.63) is 0 Å². The van der Waals surface area contributed by atoms with Gasteiger partial charge in [0.15, 0.2) is 0 Å². The second-order valence-corrected chi connectivity index (χ2v) is 7.95. The molecule has 1 aliphatic carbocycles. The summed E-state index contributed by atoms with van der Waals surface area (Å²) in [5, 5.41) is 6.74. The second kappa shape index (κ2) is 7.00. The van der Waals surface area contributed by atoms with Crippen LogP contribution in [0, 0.1) is 5.92 Å². The number of piperidine rings is 1. The zero-order chi connectivity index (χ0) is 16.5. The minimum absolute atomic E-state index is 0.00979. The number of rotatable bonds is 2. The van der Waals surface area contributed by atoms with Gasteiger partial charge in [0.1, 0.15) is 0 Å². The van der Waals surface area contributed by atoms with Gasteiger partial charge in [0.05, 0.1) is 12.6 Å². The number of amides is 2. The number of hydrogen-bond donors (Lipinski definition) is 2. The molecule has 4 unspecified atom stereocenters. The fourth-order valence-electron chi connectivity index (χ4n) is 5.15. The van der Waals surface area contributed by atoms with Crippen molar-refractivity contribution in [3.8, 4) is 0 Å². The smallest absolute Gasteiger partial charge is 0.239 e. The maximum Gasteiger partial charge on any atom is 0.239 e. The van der Waals surface area contributed by atoms with Crippen LogP contribution in [0.1, 0.15) is 44.9 Å². The van der Waals surface area contributed by atoms with Gasteiger partial charge in [-0.25, -0.2) is 0 Å². The van der Waals surface area contributed by atoms with Crippen molar-refractivity contribution in [3.63, 3.8) is 0 Å². The lowest BCUT2D eigenvalue weighted by molar-refractivity contribution is -0.141. The van der Waals surface area contributed by atoms with E-state index in [1.807, 2.05) is 9.80 Å². The summed E-state index contributed by atoms with van der Waals surface area (Å²) in [5.41, 5.74) is 0. The number of nitrogens with one attached hydrogen (secondary N) is 2. The van der Waals surface area contributed by atoms with Gasteiger partial charge in [-0.05, 0) is 38.0 Å². The molecule has 0 spiro atoms. The molecule has 134 valence electrons. The van der Waals surface area contributed by atoms with Crippen LogP contribution in [0.15, 0.2) is 0 Å². The third-order valence-corrected chi connectivity index (χ3v) is 6.44. The Balaban J connectivity index is 1.37. The molecule has 0 aromatic heterocycles. The Labute approximate surface area is 144 Å². The highest BCUT2D eigenvalue weighted by atomic mass is 16.2. The Morgan fingerprint density at radius 3 is 2.79 bits per heavy atom. The van der Waals surface area contributed by atoms with Crippen LogP contribution in [0.25, 0.3) is 0 Å². The van der Waals surface area contributed by atoms with Gasteiger partial charge in [-0.2, -0.15) is 0 Å². The van der Waals surface area contributed by atoms with Crippen LogP contribution in [0.5, 0.6) is 0 Å². The third kappa shape index (κ3) is 3.18. The van der Waals surface area contributed by atoms with E-state index in [1.54, 1.807) is 0 Å². The highest BCUT2D eigenvalue weighted by Gasteiger charge is 2.41. The molecule has 4 fully saturated rings. The predicted molar refractivity (Wildman–Crippen MR) is 91.5 cm³/mol. The predicted octanol–water partition coefficient (Wildman–Crippen LogP) is 0.330. The van der Waals surface area contributed by atoms with Crippen LogP contribution in [-0.4, -0.2) is 72.5 Å². The van der Waals surface area contributed by atoms with E-state index < -0.39 is 0 Å². The quantitative estimate of drug-likeness (QED) is 0.764. The van der Waals surface area contributed by atoms with Gasteiger partial charge in [-0.1, -0.05) is 12.8 Å². The first-order valence-corrected chi connectivity index (χ1v) is 9.77. The average molecular weight is 334 g/mol. The minimum atomic E-state index is 0.00979. The minimum Gasteiger partial charge on any atom is -0.339 e. The summed E-state index contributed by atoms with van der Waals surface area (Å²) in [5.74, 6) is 1.16. The molecular formula is C18H30N4O2. The van der Waals surface area contributed by atoms with Crippen LogP contribution in [0.4, 0.5) is 0 Å². The Hall–Kier alpha value is -1.14. The van der Waals surface area contributed by atoms with Gasteiger partial charge in [-0.3, -0.25) is 9.59 Å². The van der Waals surface area contributed by atoms with E-state index in [0.717, 1.165) is 45.4 Å². The normalized spacial score (nSPS) is 37.4. The molecule has 0 aromatic rings. The zero-order valence-corrected chi connectivity index (χ0v) is 14.5. The second-order valence-electron chi connectivity index (χ2n) is 7.95. The number of fused-ring (bicyclic) bond motifs is 1. The number of hydrogen-bond acceptors (Lipinski definition) is 4. The molecule has 2 N–H and O–H groups in total. The largest absolute Gasteiger partial charge is 0.339 e. The molecule has 1 saturated carbocycles. The lowest BCUT2D eigenvalue weighted by atomic mass is 9.85. The van der Waals surface area contributed by atoms with E-state index in [9.17, 15) is 9.59 Å². The number of carbonyl (C=O) groups excluding carboxylic acids is 2. The molecule has 0 aromatic carbocycles. The SMILES string of the molecule is O=C(C1CC2CCCCC2N1)N1CCCC(N2CCNCC2=O)C1. The standard InChI is InChI=1S/C18H30N4O2/c23-17-11-19-7-9-22(17)14-5-3-8-21(12-14)18(24)16-10-13-4-1-2-6-15(13)20-16/h13-16,19-20H,1-12H2. The number of carbonyl (C=O) groups is 2. The van der Waals surface area contributed by atoms with Gasteiger partial charge in [-0.15, -0.1) is 0 Å². The molecule has 3 saturated heterocycles. The van der Waals surface area contributed by atoms with Crippen LogP contribution >= 0.6 is 0 Å². The number of likely N-dealkylation sites (tertiary alicyclic amines) is 1. The lowest BCUT2D eigenvalue weighted by Gasteiger charge is -2.41. The molecule has 24 heavy (non-hydrogen) atoms. The van der Waals surface area contributed by atoms with Gasteiger partial charge in [0.2, 0.25) is 11.8 Å². The average Bonchev–Trinajstić information content (AvgIpc) is 3.06. The summed E-state index contributed by atoms with van der Waals surface area (Å²) in [6.07, 6.45) is 8.17. The van der Waals surface area contributed by atoms with Crippen LogP contribution in [-0.2, 0) is 9.59 Å². The summed E-state index contributed by atoms with van der Waals surface area (Å²) in [6, 6.07) is 0.777. The van der Waals surface area contributed by atoms with Crippen molar-refractivity contribution in [2.45, 2.75) is 63.1 Å². The van der Waals surface area contributed by atoms with Crippen LogP contribution < -0.4 is 10.6 Å². The highest BCUT2D eigenvalue weighted by Crippen LogP contribution is 2.34. The Kier molecular flexibility index (Phi) is 4.77. The topological polar surface area (TPSA) is 64.7 Å². The number of piperazine rings is 1. The molecule has 6 nitrogen and oxygen atoms in total. The van der Waals surface area contributed by atoms with Gasteiger partial charge in [0, 0.05) is 38.3 Å². The van der Waals surface area contributed by atoms with Crippen molar-refractivity contribution in [2.24, 2.45) is 5.92 Å². The monoisotopic (exact) mass is 334 g/mol. The highest BCUT2D eigenvalue weighted by molar-refractivity contribution is 5.83. The van der Waals surface area contributed by atoms with Crippen molar-refractivity contribution in [1.82, 2.24) is 20.4 Å². The fraction of sp³-hybridized carbons (Fsp3) is 0.889. The van der Waals surface area contributed by atoms with E-state index in [4.69, 9.17) is 0 Å². The third-order valence-electron chi connectivity index (χ3n) is 6.44. The van der Waals surface area contributed by atoms with E-state index in [-0.39, 0.29) is 23.9 Å². The zero-order valence-electron chi connectivity index (χ0n) is 14.5. The molecule has 0 bridgehead atoms. The van der Waals surface area contributed by atoms with Gasteiger partial charge in [0.25, 0.3) is 0 Å². The van der Waals surface area contributed by atoms with Crippen molar-refractivity contribution < 1.29 is 9.59 Å². The van der Waals surface area contributed by atoms with E-state index >= 15 is 0 Å². The van der Waals surface area contributed by atoms with E-state index in [0.29, 0.717) is 18.5 Å². The summed E-state index contributed by atoms with van der Waals surface area (Å²) in [7, 11) is 0. The molecule has 4 atom stereocenters. The fourth-order valence-corrected chi connectivity index (χ4v) is 5.15. The molecule has 3 heterocycles. The molecule has 3 aliphatic heterocycles. The Morgan fingerprint density at radius 1 is 1.08 bits per heavy atom. The van der Waals surface area contributed by atoms with Crippen LogP contribution in [0.3, 0.4) is 0 Å². The maximum atomic E-state index is 13.0. The summed E-state index contributed by atoms with van der Waals surface area (Å²) in [4.78, 5) is 29.2. The van der Waals surface area contributed by atoms with Crippen LogP contribution in [0.2, 0.25) is 0 Å². The Morgan fingerprint density at radius 2 is 1.96 bits per heavy atom. The van der Waals surface area contributed by atoms with Gasteiger partial charge >= 0.3 is 0 Å². The summed E-state index contributed by atoms with van der Waals surface area (Å²) >= 11 is 0. The summed E-state index contributed by atoms with van der Waals surface area (Å²) < 4.78 is 0. The summed E-state index contributed by atoms with van der Waals surface area (Å²) in [6.45, 7) is 3.65. The molecule has 2 amide bonds. The molecule has 6 heteroatoms. The van der Waals surface area contributed by atoms with Gasteiger partial charge < -0.3 is 20.4 Å². The molecule has 4 aliphatic rings. The number of nitrogens with zero attached hydrogens (tertiary/aromatic N) is 2. The van der Waals surface area contributed by atoms with Crippen molar-refractivity contribution in [2.75, 3.05) is 32.7 Å². The van der Waals surface area contributed by atoms with Crippen molar-refractivity contribution in [1.29, 1.82) is 0 Å². The molecule has 4 rings (SSSR count). The Bertz CT molecular complexity index is 483. The van der Waals surface area contributed by atoms with E-state index in [2.05, 4.69) is 10.6 Å². The first kappa shape index (κ1) is 16.3. The van der Waals surface area contributed by atoms with E-state index in [1.165, 1.54) is 25.7 Å². The first-order chi connectivity index (χ1) is 11.7. The first-order valence-electron chi connectivity index (χ1n) is 9.77. The molecule has 0 radical (unpaired) electrons. The van der Waals surface area contributed by atoms with Crippen molar-refractivity contribution >= 4 is 11.8 Å².